The molecular weight excluding hydrogens is 380 g/mol. The van der Waals surface area contributed by atoms with Crippen LogP contribution in [0.25, 0.3) is 16.9 Å². The van der Waals surface area contributed by atoms with Crippen molar-refractivity contribution < 1.29 is 9.53 Å². The van der Waals surface area contributed by atoms with E-state index in [9.17, 15) is 4.79 Å². The Labute approximate surface area is 176 Å². The molecule has 1 aromatic carbocycles. The summed E-state index contributed by atoms with van der Waals surface area (Å²) in [5.74, 6) is 0.717. The van der Waals surface area contributed by atoms with E-state index in [-0.39, 0.29) is 5.91 Å². The van der Waals surface area contributed by atoms with Gasteiger partial charge < -0.3 is 20.3 Å². The van der Waals surface area contributed by atoms with Gasteiger partial charge in [-0.25, -0.2) is 9.50 Å². The quantitative estimate of drug-likeness (QED) is 0.557. The van der Waals surface area contributed by atoms with Crippen molar-refractivity contribution in [3.05, 3.63) is 48.2 Å². The second-order valence-corrected chi connectivity index (χ2v) is 7.62. The summed E-state index contributed by atoms with van der Waals surface area (Å²) in [6, 6.07) is 11.8. The van der Waals surface area contributed by atoms with Crippen molar-refractivity contribution in [3.63, 3.8) is 0 Å². The zero-order chi connectivity index (χ0) is 20.9. The van der Waals surface area contributed by atoms with Crippen LogP contribution in [-0.4, -0.2) is 71.8 Å². The number of carbonyl (C=O) groups excluding carboxylic acids is 1. The Morgan fingerprint density at radius 3 is 2.80 bits per heavy atom. The predicted octanol–water partition coefficient (Wildman–Crippen LogP) is 2.28. The Hall–Kier alpha value is -2.97. The number of likely N-dealkylation sites (N-methyl/N-ethyl adjacent to an activating group) is 1. The molecule has 158 valence electrons. The van der Waals surface area contributed by atoms with Crippen molar-refractivity contribution in [1.29, 1.82) is 0 Å². The third kappa shape index (κ3) is 4.44. The largest absolute Gasteiger partial charge is 0.383 e. The van der Waals surface area contributed by atoms with Crippen molar-refractivity contribution in [2.45, 2.75) is 18.9 Å². The molecule has 1 fully saturated rings. The SMILES string of the molecule is COCCNc1ccc2ncc(-c3ccc(C(=O)NC[C@@H]4CCCN4C)cc3)n2n1. The van der Waals surface area contributed by atoms with E-state index in [1.54, 1.807) is 17.8 Å². The minimum absolute atomic E-state index is 0.0391. The molecule has 1 atom stereocenters. The molecule has 3 heterocycles. The predicted molar refractivity (Wildman–Crippen MR) is 117 cm³/mol. The summed E-state index contributed by atoms with van der Waals surface area (Å²) in [5.41, 5.74) is 3.25. The Balaban J connectivity index is 1.46. The van der Waals surface area contributed by atoms with Gasteiger partial charge in [-0.05, 0) is 50.7 Å². The fourth-order valence-corrected chi connectivity index (χ4v) is 3.79. The minimum Gasteiger partial charge on any atom is -0.383 e. The highest BCUT2D eigenvalue weighted by Gasteiger charge is 2.21. The average Bonchev–Trinajstić information content (AvgIpc) is 3.38. The van der Waals surface area contributed by atoms with Crippen LogP contribution in [0.5, 0.6) is 0 Å². The Morgan fingerprint density at radius 2 is 2.07 bits per heavy atom. The maximum atomic E-state index is 12.5. The number of amides is 1. The van der Waals surface area contributed by atoms with Crippen LogP contribution in [0.4, 0.5) is 5.82 Å². The number of methoxy groups -OCH3 is 1. The number of benzene rings is 1. The first-order chi connectivity index (χ1) is 14.7. The molecule has 4 rings (SSSR count). The van der Waals surface area contributed by atoms with Gasteiger partial charge in [-0.3, -0.25) is 4.79 Å². The number of likely N-dealkylation sites (tertiary alicyclic amines) is 1. The molecule has 1 saturated heterocycles. The second-order valence-electron chi connectivity index (χ2n) is 7.62. The summed E-state index contributed by atoms with van der Waals surface area (Å²) >= 11 is 0. The number of ether oxygens (including phenoxy) is 1. The zero-order valence-corrected chi connectivity index (χ0v) is 17.5. The summed E-state index contributed by atoms with van der Waals surface area (Å²) in [6.07, 6.45) is 4.13. The lowest BCUT2D eigenvalue weighted by Crippen LogP contribution is -2.38. The van der Waals surface area contributed by atoms with E-state index < -0.39 is 0 Å². The van der Waals surface area contributed by atoms with Crippen LogP contribution in [0.15, 0.2) is 42.6 Å². The molecule has 0 bridgehead atoms. The molecule has 3 aromatic rings. The molecule has 2 N–H and O–H groups in total. The summed E-state index contributed by atoms with van der Waals surface area (Å²) in [5, 5.41) is 10.9. The fraction of sp³-hybridized carbons (Fsp3) is 0.409. The van der Waals surface area contributed by atoms with Crippen molar-refractivity contribution in [2.24, 2.45) is 0 Å². The van der Waals surface area contributed by atoms with Crippen LogP contribution in [0.1, 0.15) is 23.2 Å². The molecule has 1 amide bonds. The molecule has 2 aromatic heterocycles. The third-order valence-corrected chi connectivity index (χ3v) is 5.59. The third-order valence-electron chi connectivity index (χ3n) is 5.59. The summed E-state index contributed by atoms with van der Waals surface area (Å²) in [4.78, 5) is 19.2. The maximum absolute atomic E-state index is 12.5. The number of carbonyl (C=O) groups is 1. The summed E-state index contributed by atoms with van der Waals surface area (Å²) < 4.78 is 6.87. The summed E-state index contributed by atoms with van der Waals surface area (Å²) in [6.45, 7) is 3.08. The van der Waals surface area contributed by atoms with Gasteiger partial charge in [0.1, 0.15) is 5.82 Å². The van der Waals surface area contributed by atoms with E-state index >= 15 is 0 Å². The van der Waals surface area contributed by atoms with Crippen molar-refractivity contribution in [3.8, 4) is 11.3 Å². The van der Waals surface area contributed by atoms with Crippen molar-refractivity contribution >= 4 is 17.4 Å². The van der Waals surface area contributed by atoms with Gasteiger partial charge in [0, 0.05) is 37.4 Å². The highest BCUT2D eigenvalue weighted by atomic mass is 16.5. The van der Waals surface area contributed by atoms with Crippen LogP contribution in [0.3, 0.4) is 0 Å². The average molecular weight is 409 g/mol. The van der Waals surface area contributed by atoms with Gasteiger partial charge in [0.05, 0.1) is 18.5 Å². The van der Waals surface area contributed by atoms with E-state index in [2.05, 4.69) is 32.7 Å². The van der Waals surface area contributed by atoms with Gasteiger partial charge in [-0.2, -0.15) is 0 Å². The van der Waals surface area contributed by atoms with E-state index in [1.165, 1.54) is 6.42 Å². The maximum Gasteiger partial charge on any atom is 0.251 e. The molecule has 0 radical (unpaired) electrons. The van der Waals surface area contributed by atoms with Gasteiger partial charge in [-0.1, -0.05) is 12.1 Å². The molecule has 8 nitrogen and oxygen atoms in total. The standard InChI is InChI=1S/C22H28N6O2/c1-27-12-3-4-18(27)14-25-22(29)17-7-5-16(6-8-17)19-15-24-21-10-9-20(26-28(19)21)23-11-13-30-2/h5-10,15,18H,3-4,11-14H2,1-2H3,(H,23,26)(H,25,29)/t18-/m0/s1. The molecule has 0 saturated carbocycles. The first-order valence-electron chi connectivity index (χ1n) is 10.3. The normalized spacial score (nSPS) is 16.8. The molecule has 30 heavy (non-hydrogen) atoms. The van der Waals surface area contributed by atoms with Crippen LogP contribution in [-0.2, 0) is 4.74 Å². The monoisotopic (exact) mass is 408 g/mol. The van der Waals surface area contributed by atoms with Crippen LogP contribution < -0.4 is 10.6 Å². The fourth-order valence-electron chi connectivity index (χ4n) is 3.79. The van der Waals surface area contributed by atoms with Crippen LogP contribution >= 0.6 is 0 Å². The lowest BCUT2D eigenvalue weighted by atomic mass is 10.1. The van der Waals surface area contributed by atoms with Gasteiger partial charge in [0.25, 0.3) is 5.91 Å². The number of imidazole rings is 1. The second kappa shape index (κ2) is 9.23. The number of nitrogens with zero attached hydrogens (tertiary/aromatic N) is 4. The first-order valence-corrected chi connectivity index (χ1v) is 10.3. The number of rotatable bonds is 8. The number of hydrogen-bond donors (Lipinski definition) is 2. The van der Waals surface area contributed by atoms with E-state index in [0.717, 1.165) is 35.7 Å². The highest BCUT2D eigenvalue weighted by molar-refractivity contribution is 5.94. The van der Waals surface area contributed by atoms with Gasteiger partial charge >= 0.3 is 0 Å². The number of fused-ring (bicyclic) bond motifs is 1. The number of aromatic nitrogens is 3. The smallest absolute Gasteiger partial charge is 0.251 e. The lowest BCUT2D eigenvalue weighted by Gasteiger charge is -2.19. The van der Waals surface area contributed by atoms with Gasteiger partial charge in [-0.15, -0.1) is 5.10 Å². The molecule has 0 spiro atoms. The lowest BCUT2D eigenvalue weighted by molar-refractivity contribution is 0.0943. The molecular formula is C22H28N6O2. The van der Waals surface area contributed by atoms with Gasteiger partial charge in [0.2, 0.25) is 0 Å². The number of anilines is 1. The molecule has 0 unspecified atom stereocenters. The topological polar surface area (TPSA) is 83.8 Å². The highest BCUT2D eigenvalue weighted by Crippen LogP contribution is 2.21. The number of hydrogen-bond acceptors (Lipinski definition) is 6. The molecule has 0 aliphatic carbocycles. The zero-order valence-electron chi connectivity index (χ0n) is 17.5. The van der Waals surface area contributed by atoms with E-state index in [4.69, 9.17) is 4.74 Å². The Bertz CT molecular complexity index is 1000. The Kier molecular flexibility index (Phi) is 6.25. The first kappa shape index (κ1) is 20.3. The van der Waals surface area contributed by atoms with Crippen molar-refractivity contribution in [2.75, 3.05) is 45.7 Å². The van der Waals surface area contributed by atoms with Gasteiger partial charge in [0.15, 0.2) is 5.65 Å². The van der Waals surface area contributed by atoms with Crippen LogP contribution in [0.2, 0.25) is 0 Å². The number of nitrogens with one attached hydrogen (secondary N) is 2. The Morgan fingerprint density at radius 1 is 1.23 bits per heavy atom. The molecule has 1 aliphatic heterocycles. The molecule has 8 heteroatoms. The minimum atomic E-state index is -0.0391. The van der Waals surface area contributed by atoms with E-state index in [1.807, 2.05) is 36.4 Å². The van der Waals surface area contributed by atoms with E-state index in [0.29, 0.717) is 31.3 Å². The summed E-state index contributed by atoms with van der Waals surface area (Å²) in [7, 11) is 3.78. The molecule has 1 aliphatic rings. The van der Waals surface area contributed by atoms with Crippen molar-refractivity contribution in [1.82, 2.24) is 24.8 Å². The van der Waals surface area contributed by atoms with Crippen LogP contribution in [0, 0.1) is 0 Å².